The van der Waals surface area contributed by atoms with Crippen LogP contribution >= 0.6 is 0 Å². The summed E-state index contributed by atoms with van der Waals surface area (Å²) in [4.78, 5) is 11.1. The molecule has 160 valence electrons. The lowest BCUT2D eigenvalue weighted by molar-refractivity contribution is -0.141. The van der Waals surface area contributed by atoms with Gasteiger partial charge in [-0.3, -0.25) is 4.79 Å². The lowest BCUT2D eigenvalue weighted by Crippen LogP contribution is -2.24. The molecule has 0 aromatic heterocycles. The number of carboxylic acids is 1. The highest BCUT2D eigenvalue weighted by atomic mass is 19.1. The van der Waals surface area contributed by atoms with Crippen molar-refractivity contribution in [3.8, 4) is 22.6 Å². The van der Waals surface area contributed by atoms with Crippen molar-refractivity contribution in [1.82, 2.24) is 0 Å². The third-order valence-electron chi connectivity index (χ3n) is 5.54. The average molecular weight is 421 g/mol. The minimum atomic E-state index is -0.813. The van der Waals surface area contributed by atoms with Crippen molar-refractivity contribution in [3.05, 3.63) is 77.6 Å². The summed E-state index contributed by atoms with van der Waals surface area (Å²) in [6.45, 7) is 2.16. The van der Waals surface area contributed by atoms with E-state index in [1.165, 1.54) is 6.07 Å². The Balaban J connectivity index is 1.52. The SMILES string of the molecule is COc1ccc(F)c(-c2ccc(C3COc4ccc(CC(C)C(=O)O)cc4N3)cc2)c1. The first kappa shape index (κ1) is 20.7. The summed E-state index contributed by atoms with van der Waals surface area (Å²) < 4.78 is 25.4. The highest BCUT2D eigenvalue weighted by molar-refractivity contribution is 5.70. The molecule has 0 saturated heterocycles. The fourth-order valence-corrected chi connectivity index (χ4v) is 3.71. The number of nitrogens with one attached hydrogen (secondary N) is 1. The molecule has 0 spiro atoms. The molecule has 0 saturated carbocycles. The van der Waals surface area contributed by atoms with Gasteiger partial charge < -0.3 is 19.9 Å². The van der Waals surface area contributed by atoms with Crippen molar-refractivity contribution in [3.63, 3.8) is 0 Å². The molecular weight excluding hydrogens is 397 g/mol. The fourth-order valence-electron chi connectivity index (χ4n) is 3.71. The number of anilines is 1. The molecule has 3 aromatic rings. The Bertz CT molecular complexity index is 1100. The molecule has 0 aliphatic carbocycles. The van der Waals surface area contributed by atoms with E-state index in [1.807, 2.05) is 42.5 Å². The summed E-state index contributed by atoms with van der Waals surface area (Å²) in [5.74, 6) is -0.217. The maximum atomic E-state index is 14.3. The number of carbonyl (C=O) groups is 1. The number of hydrogen-bond donors (Lipinski definition) is 2. The zero-order valence-electron chi connectivity index (χ0n) is 17.4. The molecule has 1 aliphatic heterocycles. The van der Waals surface area contributed by atoms with Crippen molar-refractivity contribution in [2.75, 3.05) is 19.0 Å². The lowest BCUT2D eigenvalue weighted by atomic mass is 9.98. The van der Waals surface area contributed by atoms with Crippen LogP contribution in [0.4, 0.5) is 10.1 Å². The molecule has 2 N–H and O–H groups in total. The maximum Gasteiger partial charge on any atom is 0.306 e. The van der Waals surface area contributed by atoms with Crippen LogP contribution in [0.15, 0.2) is 60.7 Å². The number of benzene rings is 3. The first-order valence-corrected chi connectivity index (χ1v) is 10.1. The molecule has 1 heterocycles. The second kappa shape index (κ2) is 8.68. The van der Waals surface area contributed by atoms with Crippen LogP contribution in [-0.2, 0) is 11.2 Å². The standard InChI is InChI=1S/C25H24FNO4/c1-15(25(28)29)11-16-3-10-24-22(12-16)27-23(14-31-24)18-6-4-17(5-7-18)20-13-19(30-2)8-9-21(20)26/h3-10,12-13,15,23,27H,11,14H2,1-2H3,(H,28,29). The number of aliphatic carboxylic acids is 1. The van der Waals surface area contributed by atoms with Crippen LogP contribution in [0.5, 0.6) is 11.5 Å². The third-order valence-corrected chi connectivity index (χ3v) is 5.54. The molecule has 3 aromatic carbocycles. The van der Waals surface area contributed by atoms with Gasteiger partial charge in [-0.15, -0.1) is 0 Å². The van der Waals surface area contributed by atoms with Gasteiger partial charge in [-0.2, -0.15) is 0 Å². The number of halogens is 1. The molecule has 6 heteroatoms. The molecule has 1 aliphatic rings. The molecule has 5 nitrogen and oxygen atoms in total. The van der Waals surface area contributed by atoms with Gasteiger partial charge in [0.25, 0.3) is 0 Å². The van der Waals surface area contributed by atoms with Gasteiger partial charge in [0.1, 0.15) is 23.9 Å². The van der Waals surface area contributed by atoms with Crippen LogP contribution in [-0.4, -0.2) is 24.8 Å². The number of hydrogen-bond acceptors (Lipinski definition) is 4. The van der Waals surface area contributed by atoms with Crippen molar-refractivity contribution in [2.24, 2.45) is 5.92 Å². The molecular formula is C25H24FNO4. The molecule has 0 amide bonds. The third kappa shape index (κ3) is 4.48. The van der Waals surface area contributed by atoms with Crippen LogP contribution in [0.3, 0.4) is 0 Å². The predicted molar refractivity (Wildman–Crippen MR) is 117 cm³/mol. The molecule has 0 radical (unpaired) electrons. The summed E-state index contributed by atoms with van der Waals surface area (Å²) in [5, 5.41) is 12.6. The minimum absolute atomic E-state index is 0.0659. The van der Waals surface area contributed by atoms with Gasteiger partial charge in [-0.05, 0) is 53.4 Å². The lowest BCUT2D eigenvalue weighted by Gasteiger charge is -2.28. The van der Waals surface area contributed by atoms with Gasteiger partial charge in [0.15, 0.2) is 0 Å². The van der Waals surface area contributed by atoms with Gasteiger partial charge in [0.05, 0.1) is 24.8 Å². The van der Waals surface area contributed by atoms with E-state index in [-0.39, 0.29) is 11.9 Å². The Morgan fingerprint density at radius 2 is 1.97 bits per heavy atom. The fraction of sp³-hybridized carbons (Fsp3) is 0.240. The van der Waals surface area contributed by atoms with Gasteiger partial charge in [0.2, 0.25) is 0 Å². The summed E-state index contributed by atoms with van der Waals surface area (Å²) in [5.41, 5.74) is 4.05. The minimum Gasteiger partial charge on any atom is -0.497 e. The number of carboxylic acid groups (broad SMARTS) is 1. The van der Waals surface area contributed by atoms with Gasteiger partial charge >= 0.3 is 5.97 Å². The van der Waals surface area contributed by atoms with Crippen LogP contribution in [0, 0.1) is 11.7 Å². The Morgan fingerprint density at radius 1 is 1.19 bits per heavy atom. The van der Waals surface area contributed by atoms with E-state index < -0.39 is 11.9 Å². The Labute approximate surface area is 180 Å². The van der Waals surface area contributed by atoms with Gasteiger partial charge in [0, 0.05) is 5.56 Å². The van der Waals surface area contributed by atoms with Crippen molar-refractivity contribution < 1.29 is 23.8 Å². The zero-order chi connectivity index (χ0) is 22.0. The van der Waals surface area contributed by atoms with Crippen LogP contribution < -0.4 is 14.8 Å². The number of fused-ring (bicyclic) bond motifs is 1. The molecule has 0 bridgehead atoms. The van der Waals surface area contributed by atoms with E-state index in [2.05, 4.69) is 5.32 Å². The summed E-state index contributed by atoms with van der Waals surface area (Å²) in [6, 6.07) is 18.0. The second-order valence-corrected chi connectivity index (χ2v) is 7.75. The monoisotopic (exact) mass is 421 g/mol. The van der Waals surface area contributed by atoms with E-state index in [9.17, 15) is 9.18 Å². The molecule has 0 fully saturated rings. The van der Waals surface area contributed by atoms with Crippen molar-refractivity contribution in [2.45, 2.75) is 19.4 Å². The molecule has 31 heavy (non-hydrogen) atoms. The van der Waals surface area contributed by atoms with E-state index in [0.717, 1.165) is 28.1 Å². The highest BCUT2D eigenvalue weighted by Gasteiger charge is 2.22. The van der Waals surface area contributed by atoms with Crippen LogP contribution in [0.1, 0.15) is 24.1 Å². The van der Waals surface area contributed by atoms with E-state index in [0.29, 0.717) is 24.3 Å². The van der Waals surface area contributed by atoms with Gasteiger partial charge in [-0.1, -0.05) is 37.3 Å². The Morgan fingerprint density at radius 3 is 2.68 bits per heavy atom. The van der Waals surface area contributed by atoms with E-state index in [4.69, 9.17) is 14.6 Å². The Hall–Kier alpha value is -3.54. The molecule has 2 unspecified atom stereocenters. The normalized spacial score (nSPS) is 15.9. The van der Waals surface area contributed by atoms with Crippen LogP contribution in [0.2, 0.25) is 0 Å². The first-order chi connectivity index (χ1) is 14.9. The van der Waals surface area contributed by atoms with E-state index in [1.54, 1.807) is 26.2 Å². The average Bonchev–Trinajstić information content (AvgIpc) is 2.79. The van der Waals surface area contributed by atoms with Crippen molar-refractivity contribution in [1.29, 1.82) is 0 Å². The first-order valence-electron chi connectivity index (χ1n) is 10.1. The maximum absolute atomic E-state index is 14.3. The second-order valence-electron chi connectivity index (χ2n) is 7.75. The summed E-state index contributed by atoms with van der Waals surface area (Å²) in [6.07, 6.45) is 0.454. The van der Waals surface area contributed by atoms with Crippen molar-refractivity contribution >= 4 is 11.7 Å². The Kier molecular flexibility index (Phi) is 5.80. The van der Waals surface area contributed by atoms with E-state index >= 15 is 0 Å². The highest BCUT2D eigenvalue weighted by Crippen LogP contribution is 2.36. The number of methoxy groups -OCH3 is 1. The zero-order valence-corrected chi connectivity index (χ0v) is 17.4. The number of rotatable bonds is 6. The quantitative estimate of drug-likeness (QED) is 0.565. The summed E-state index contributed by atoms with van der Waals surface area (Å²) in [7, 11) is 1.56. The van der Waals surface area contributed by atoms with Crippen LogP contribution in [0.25, 0.3) is 11.1 Å². The summed E-state index contributed by atoms with van der Waals surface area (Å²) >= 11 is 0. The van der Waals surface area contributed by atoms with Gasteiger partial charge in [-0.25, -0.2) is 4.39 Å². The predicted octanol–water partition coefficient (Wildman–Crippen LogP) is 5.31. The molecule has 4 rings (SSSR count). The molecule has 2 atom stereocenters. The topological polar surface area (TPSA) is 67.8 Å². The largest absolute Gasteiger partial charge is 0.497 e. The number of ether oxygens (including phenoxy) is 2. The smallest absolute Gasteiger partial charge is 0.306 e.